The van der Waals surface area contributed by atoms with Crippen molar-refractivity contribution in [1.82, 2.24) is 60.5 Å². The number of unbranched alkanes of at least 4 members (excludes halogenated alkanes) is 1. The number of methoxy groups -OCH3 is 1. The van der Waals surface area contributed by atoms with Crippen LogP contribution in [-0.2, 0) is 61.2 Å². The third-order valence-corrected chi connectivity index (χ3v) is 22.5. The summed E-state index contributed by atoms with van der Waals surface area (Å²) in [6.45, 7) is 76.7. The maximum Gasteiger partial charge on any atom is 0.274 e. The number of oxime groups is 1. The standard InChI is InChI=1S/C13H22N2O2.C10H20N4.C10H21NO2.C10H21NO.C10H20O2.C9H19N3O2.C9H16N2O.C9H19NO2.C9H19NO.C8H14N2O.C8H19NO2S.C8H17NO/c1-13(2,3)7-6-8-14-9-10(15(4)5)12(17)11(9)16;1-9(2)6-5-7-12-10(13-8-11)14(3)4;1-10(2,3)8-6-7-9(12)11(4)13-5;1-10(2,3)8-6-7-9(12)11(4)5;1-10(2,3)7-5-6-9(11)8-12-4;1-8(2)5-4-6-11-9(10-3)7-12(13)14;1-7-10-8(12-11-7)5-6-9(2,3)4;1-9(2,3)7-5-6-8(11)10(4)12;1-9(2,3)7-5-6-8-10-11-4;1-6(2)4-5-8-10-9-7(3)11-8;1-8(2)6-5-7-9(3)12(4,10)11;1-8(2,3)6-4-5-7(9)10/h14H,6-8H2,1-5H3;9H,5-7H2,1-4H3,(H,12,13);6-8H2,1-5H3;6-8H2,1-5H3;5-8H2,1-4H3;7-8,10-11H,4-6H2,1-3H3;5-6H2,1-4H3;12H,5-7H2,1-4H3;8H,5-7H2,1-4H3;6H,4-5H2,1-3H3;8H,5-7H2,1-4H3;4-6H2,1-3H3,(H2,9,10)/b;;;;;9-7+;;;10-8+;;;. The van der Waals surface area contributed by atoms with E-state index in [4.69, 9.17) is 34.7 Å². The number of nitrogens with two attached hydrogens (primary N) is 1. The van der Waals surface area contributed by atoms with Gasteiger partial charge in [-0.05, 0) is 222 Å². The SMILES string of the molecule is CC(C)(C)CCCC(N)=O.CC(C)CCCN(C)S(C)(=O)=O.CC(C)CCCN=C(NC#N)N(C)C.CN(C)C(=O)CCCC(C)(C)C.CN(C)c1c(NCCCC(C)(C)C)c(=O)c1=O.CN(O)C(=O)CCCC(C)(C)C.CN/C(=C\[N+](=O)[O-])NCCCC(C)C.CO/N=C/CCCC(C)(C)C.COCC(=O)CCCC(C)(C)C.CON(C)C(=O)CCCC(C)(C)C.Cc1nnc(CCC(C)C)o1.Cc1noc(CCC(C)(C)C)n1. The van der Waals surface area contributed by atoms with Crippen LogP contribution in [0, 0.1) is 102 Å². The fourth-order valence-corrected chi connectivity index (χ4v) is 12.6. The Morgan fingerprint density at radius 1 is 0.553 bits per heavy atom. The summed E-state index contributed by atoms with van der Waals surface area (Å²) >= 11 is 0. The number of ketones is 1. The zero-order chi connectivity index (χ0) is 119. The number of primary amides is 1. The van der Waals surface area contributed by atoms with Gasteiger partial charge in [-0.1, -0.05) is 232 Å². The highest BCUT2D eigenvalue weighted by Gasteiger charge is 2.24. The van der Waals surface area contributed by atoms with E-state index in [1.54, 1.807) is 78.3 Å². The van der Waals surface area contributed by atoms with Crippen molar-refractivity contribution < 1.29 is 65.9 Å². The van der Waals surface area contributed by atoms with E-state index in [1.165, 1.54) is 49.0 Å². The van der Waals surface area contributed by atoms with Crippen LogP contribution in [0.25, 0.3) is 0 Å². The van der Waals surface area contributed by atoms with E-state index >= 15 is 0 Å². The summed E-state index contributed by atoms with van der Waals surface area (Å²) in [6, 6.07) is 0. The first kappa shape index (κ1) is 159. The molecule has 0 atom stereocenters. The molecule has 36 nitrogen and oxygen atoms in total. The van der Waals surface area contributed by atoms with Gasteiger partial charge >= 0.3 is 0 Å². The number of hydrogen-bond acceptors (Lipinski definition) is 28. The second-order valence-electron chi connectivity index (χ2n) is 50.1. The van der Waals surface area contributed by atoms with Gasteiger partial charge in [-0.15, -0.1) is 10.2 Å². The van der Waals surface area contributed by atoms with Crippen LogP contribution in [-0.4, -0.2) is 236 Å². The second kappa shape index (κ2) is 87.6. The molecule has 0 fully saturated rings. The smallest absolute Gasteiger partial charge is 0.274 e. The number of aromatic nitrogens is 4. The number of nitro groups is 1. The predicted molar refractivity (Wildman–Crippen MR) is 623 cm³/mol. The summed E-state index contributed by atoms with van der Waals surface area (Å²) in [4.78, 5) is 110. The minimum atomic E-state index is -2.97. The Morgan fingerprint density at radius 2 is 0.980 bits per heavy atom. The molecule has 0 bridgehead atoms. The lowest BCUT2D eigenvalue weighted by Gasteiger charge is -2.21. The summed E-state index contributed by atoms with van der Waals surface area (Å²) in [6.07, 6.45) is 34.7. The Bertz CT molecular complexity index is 4200. The molecule has 0 radical (unpaired) electrons. The minimum Gasteiger partial charge on any atom is -0.426 e. The zero-order valence-electron chi connectivity index (χ0n) is 104. The molecule has 0 unspecified atom stereocenters. The number of nitrogens with zero attached hydrogens (tertiary/aromatic N) is 14. The lowest BCUT2D eigenvalue weighted by atomic mass is 9.89. The van der Waals surface area contributed by atoms with Crippen LogP contribution in [0.4, 0.5) is 11.4 Å². The maximum absolute atomic E-state index is 11.4. The van der Waals surface area contributed by atoms with Crippen molar-refractivity contribution in [3.63, 3.8) is 0 Å². The van der Waals surface area contributed by atoms with Crippen molar-refractivity contribution in [1.29, 1.82) is 5.26 Å². The van der Waals surface area contributed by atoms with Gasteiger partial charge in [0.1, 0.15) is 25.1 Å². The first-order valence-corrected chi connectivity index (χ1v) is 55.8. The Kier molecular flexibility index (Phi) is 92.7. The number of hydrogen-bond donors (Lipinski definition) is 6. The molecule has 37 heteroatoms. The van der Waals surface area contributed by atoms with Crippen LogP contribution in [0.1, 0.15) is 425 Å². The van der Waals surface area contributed by atoms with Crippen molar-refractivity contribution in [2.24, 2.45) is 82.9 Å². The summed E-state index contributed by atoms with van der Waals surface area (Å²) in [7, 11) is 18.8. The number of amides is 4. The molecule has 0 spiro atoms. The van der Waals surface area contributed by atoms with Crippen LogP contribution in [0.3, 0.4) is 0 Å². The van der Waals surface area contributed by atoms with Gasteiger partial charge in [-0.25, -0.2) is 22.8 Å². The van der Waals surface area contributed by atoms with Gasteiger partial charge in [0.25, 0.3) is 17.1 Å². The number of rotatable bonds is 48. The number of sulfonamides is 1. The molecular weight excluding hydrogens is 1930 g/mol. The molecule has 3 rings (SSSR count). The number of nitriles is 1. The Labute approximate surface area is 913 Å². The molecule has 2 heterocycles. The molecule has 882 valence electrons. The zero-order valence-corrected chi connectivity index (χ0v) is 105. The van der Waals surface area contributed by atoms with Gasteiger partial charge in [-0.3, -0.25) is 64.0 Å². The van der Waals surface area contributed by atoms with Crippen LogP contribution in [0.2, 0.25) is 0 Å². The van der Waals surface area contributed by atoms with E-state index in [9.17, 15) is 52.1 Å². The molecule has 4 amide bonds. The summed E-state index contributed by atoms with van der Waals surface area (Å²) in [5, 5.41) is 55.7. The lowest BCUT2D eigenvalue weighted by molar-refractivity contribution is -0.404. The fourth-order valence-electron chi connectivity index (χ4n) is 12.2. The number of aliphatic imine (C=N–C) groups is 1. The van der Waals surface area contributed by atoms with E-state index in [0.717, 1.165) is 191 Å². The number of nitrogens with one attached hydrogen (secondary N) is 4. The molecule has 0 aliphatic heterocycles. The minimum absolute atomic E-state index is 0.0479. The molecule has 1 aromatic carbocycles. The Morgan fingerprint density at radius 3 is 1.34 bits per heavy atom. The summed E-state index contributed by atoms with van der Waals surface area (Å²) in [5.74, 6) is 6.82. The van der Waals surface area contributed by atoms with Gasteiger partial charge in [-0.2, -0.15) is 10.2 Å². The number of anilines is 2. The summed E-state index contributed by atoms with van der Waals surface area (Å²) in [5.41, 5.74) is 7.90. The van der Waals surface area contributed by atoms with Crippen molar-refractivity contribution in [3.05, 3.63) is 66.1 Å². The Balaban J connectivity index is -0.000000207. The number of carbonyl (C=O) groups is 5. The highest BCUT2D eigenvalue weighted by Crippen LogP contribution is 2.28. The van der Waals surface area contributed by atoms with E-state index in [0.29, 0.717) is 128 Å². The molecule has 2 aromatic heterocycles. The average molecular weight is 2160 g/mol. The molecule has 3 aromatic rings. The van der Waals surface area contributed by atoms with E-state index < -0.39 is 14.9 Å². The van der Waals surface area contributed by atoms with Crippen molar-refractivity contribution in [2.45, 2.75) is 428 Å². The topological polar surface area (TPSA) is 465 Å². The van der Waals surface area contributed by atoms with Crippen LogP contribution >= 0.6 is 0 Å². The molecular formula is C113H227N19O17S. The van der Waals surface area contributed by atoms with Crippen molar-refractivity contribution in [2.75, 3.05) is 141 Å². The summed E-state index contributed by atoms with van der Waals surface area (Å²) < 4.78 is 38.2. The van der Waals surface area contributed by atoms with E-state index in [1.807, 2.05) is 40.4 Å². The van der Waals surface area contributed by atoms with Crippen LogP contribution in [0.5, 0.6) is 0 Å². The quantitative estimate of drug-likeness (QED) is 0.00352. The van der Waals surface area contributed by atoms with Gasteiger partial charge in [0.15, 0.2) is 23.6 Å². The van der Waals surface area contributed by atoms with Gasteiger partial charge < -0.3 is 54.9 Å². The second-order valence-corrected chi connectivity index (χ2v) is 52.1. The van der Waals surface area contributed by atoms with Crippen molar-refractivity contribution in [3.8, 4) is 6.19 Å². The van der Waals surface area contributed by atoms with Crippen LogP contribution in [0.15, 0.2) is 40.7 Å². The van der Waals surface area contributed by atoms with Crippen LogP contribution < -0.4 is 42.8 Å². The third-order valence-electron chi connectivity index (χ3n) is 21.2. The van der Waals surface area contributed by atoms with Crippen molar-refractivity contribution >= 4 is 63.0 Å². The molecule has 0 saturated carbocycles. The molecule has 0 aliphatic rings. The fraction of sp³-hybridized carbons (Fsp3) is 0.841. The number of hydroxylamine groups is 4. The predicted octanol–water partition coefficient (Wildman–Crippen LogP) is 23.4. The van der Waals surface area contributed by atoms with Gasteiger partial charge in [0.2, 0.25) is 57.3 Å². The Hall–Kier alpha value is -8.73. The average Bonchev–Trinajstić information content (AvgIpc) is 0.817. The highest BCUT2D eigenvalue weighted by molar-refractivity contribution is 7.88. The first-order valence-electron chi connectivity index (χ1n) is 54.0. The number of Topliss-reactive ketones (excluding diaryl/α,β-unsaturated/α-hetero) is 1. The molecule has 7 N–H and O–H groups in total. The van der Waals surface area contributed by atoms with Gasteiger partial charge in [0, 0.05) is 162 Å². The first-order chi connectivity index (χ1) is 68.3. The molecule has 0 saturated heterocycles. The largest absolute Gasteiger partial charge is 0.426 e. The normalized spacial score (nSPS) is 11.7. The van der Waals surface area contributed by atoms with E-state index in [2.05, 4.69) is 278 Å². The number of guanidine groups is 1. The number of aryl methyl sites for hydroxylation is 4. The molecule has 150 heavy (non-hydrogen) atoms. The molecule has 0 aliphatic carbocycles. The number of carbonyl (C=O) groups excluding carboxylic acids is 5. The van der Waals surface area contributed by atoms with E-state index in [-0.39, 0.29) is 52.3 Å². The van der Waals surface area contributed by atoms with Gasteiger partial charge in [0.05, 0.1) is 18.3 Å². The lowest BCUT2D eigenvalue weighted by Crippen LogP contribution is -2.40. The highest BCUT2D eigenvalue weighted by atomic mass is 32.2. The third kappa shape index (κ3) is 123. The maximum atomic E-state index is 11.4. The monoisotopic (exact) mass is 2150 g/mol. The number of ether oxygens (including phenoxy) is 1.